The first kappa shape index (κ1) is 49.6. The maximum absolute atomic E-state index is 13.7. The summed E-state index contributed by atoms with van der Waals surface area (Å²) < 4.78 is 73.1. The van der Waals surface area contributed by atoms with E-state index in [0.29, 0.717) is 80.9 Å². The number of rotatable bonds is 18. The zero-order valence-electron chi connectivity index (χ0n) is 37.3. The van der Waals surface area contributed by atoms with E-state index in [1.807, 2.05) is 20.8 Å². The molecule has 3 amide bonds. The molecule has 1 fully saturated rings. The topological polar surface area (TPSA) is 252 Å². The van der Waals surface area contributed by atoms with E-state index in [1.165, 1.54) is 19.1 Å². The molecule has 4 aromatic carbocycles. The summed E-state index contributed by atoms with van der Waals surface area (Å²) in [7, 11) is -7.06. The minimum absolute atomic E-state index is 0.0187. The lowest BCUT2D eigenvalue weighted by Gasteiger charge is -2.32. The molecule has 354 valence electrons. The number of primary amides is 1. The molecular formula is C44H54N7O12PS2. The number of methoxy groups -OCH3 is 2. The third-order valence-electron chi connectivity index (χ3n) is 10.6. The SMILES string of the molecule is COc1cc(Nc2cc(Oc3ccc(N(C(N)=O)c4cc(C(C)(C)C)cc(N(CCOP(=O)(O)O)S(C)(=O)=O)c4OC)c4ccccc34)ccn2)ccc1C(=O)NCCN1CCS(=O)CC1. The zero-order valence-corrected chi connectivity index (χ0v) is 39.9. The molecule has 6 rings (SSSR count). The minimum atomic E-state index is -4.94. The van der Waals surface area contributed by atoms with E-state index in [4.69, 9.17) is 19.9 Å². The summed E-state index contributed by atoms with van der Waals surface area (Å²) in [5.41, 5.74) is 7.46. The molecule has 6 N–H and O–H groups in total. The molecule has 0 saturated carbocycles. The van der Waals surface area contributed by atoms with Crippen LogP contribution in [0.4, 0.5) is 33.4 Å². The van der Waals surface area contributed by atoms with E-state index in [9.17, 15) is 36.6 Å². The van der Waals surface area contributed by atoms with E-state index >= 15 is 0 Å². The molecule has 66 heavy (non-hydrogen) atoms. The second-order valence-corrected chi connectivity index (χ2v) is 21.1. The van der Waals surface area contributed by atoms with Crippen LogP contribution in [0.5, 0.6) is 23.0 Å². The van der Waals surface area contributed by atoms with Gasteiger partial charge in [0.15, 0.2) is 5.75 Å². The van der Waals surface area contributed by atoms with Crippen LogP contribution in [0.1, 0.15) is 36.7 Å². The van der Waals surface area contributed by atoms with Gasteiger partial charge in [0, 0.05) is 83.3 Å². The van der Waals surface area contributed by atoms with Gasteiger partial charge in [-0.3, -0.25) is 27.6 Å². The van der Waals surface area contributed by atoms with Crippen LogP contribution >= 0.6 is 7.82 Å². The Morgan fingerprint density at radius 3 is 2.26 bits per heavy atom. The van der Waals surface area contributed by atoms with Crippen LogP contribution in [0.3, 0.4) is 0 Å². The molecule has 0 radical (unpaired) electrons. The predicted molar refractivity (Wildman–Crippen MR) is 255 cm³/mol. The Morgan fingerprint density at radius 1 is 0.924 bits per heavy atom. The number of aromatic nitrogens is 1. The number of carbonyl (C=O) groups is 2. The normalized spacial score (nSPS) is 13.8. The maximum atomic E-state index is 13.7. The molecule has 0 bridgehead atoms. The highest BCUT2D eigenvalue weighted by Gasteiger charge is 2.32. The fourth-order valence-electron chi connectivity index (χ4n) is 7.30. The van der Waals surface area contributed by atoms with Gasteiger partial charge in [0.05, 0.1) is 56.3 Å². The number of phosphoric ester groups is 1. The van der Waals surface area contributed by atoms with E-state index < -0.39 is 53.2 Å². The van der Waals surface area contributed by atoms with Crippen LogP contribution in [0, 0.1) is 0 Å². The molecule has 19 nitrogen and oxygen atoms in total. The Bertz CT molecular complexity index is 2770. The van der Waals surface area contributed by atoms with Crippen LogP contribution in [0.25, 0.3) is 10.8 Å². The van der Waals surface area contributed by atoms with Crippen molar-refractivity contribution >= 4 is 79.9 Å². The number of hydrogen-bond donors (Lipinski definition) is 5. The van der Waals surface area contributed by atoms with Crippen LogP contribution < -0.4 is 39.8 Å². The number of amides is 3. The molecule has 0 aliphatic carbocycles. The maximum Gasteiger partial charge on any atom is 0.469 e. The molecule has 0 atom stereocenters. The molecule has 2 heterocycles. The first-order valence-electron chi connectivity index (χ1n) is 20.6. The van der Waals surface area contributed by atoms with Gasteiger partial charge < -0.3 is 40.4 Å². The van der Waals surface area contributed by atoms with Crippen molar-refractivity contribution in [3.63, 3.8) is 0 Å². The number of pyridine rings is 1. The Kier molecular flexibility index (Phi) is 15.6. The van der Waals surface area contributed by atoms with Crippen molar-refractivity contribution in [1.29, 1.82) is 0 Å². The molecule has 22 heteroatoms. The van der Waals surface area contributed by atoms with Gasteiger partial charge in [-0.25, -0.2) is 22.8 Å². The number of carbonyl (C=O) groups excluding carboxylic acids is 2. The van der Waals surface area contributed by atoms with Crippen molar-refractivity contribution in [1.82, 2.24) is 15.2 Å². The summed E-state index contributed by atoms with van der Waals surface area (Å²) in [6.07, 6.45) is 2.49. The third kappa shape index (κ3) is 12.3. The number of ether oxygens (including phenoxy) is 3. The largest absolute Gasteiger partial charge is 0.496 e. The van der Waals surface area contributed by atoms with Crippen LogP contribution in [0.15, 0.2) is 85.1 Å². The first-order valence-corrected chi connectivity index (χ1v) is 25.5. The molecule has 0 spiro atoms. The van der Waals surface area contributed by atoms with E-state index in [-0.39, 0.29) is 23.0 Å². The fraction of sp³-hybridized carbons (Fsp3) is 0.341. The number of fused-ring (bicyclic) bond motifs is 1. The highest BCUT2D eigenvalue weighted by molar-refractivity contribution is 7.92. The van der Waals surface area contributed by atoms with Gasteiger partial charge >= 0.3 is 13.9 Å². The lowest BCUT2D eigenvalue weighted by atomic mass is 9.86. The van der Waals surface area contributed by atoms with Crippen molar-refractivity contribution in [3.8, 4) is 23.0 Å². The van der Waals surface area contributed by atoms with Crippen molar-refractivity contribution in [2.75, 3.05) is 85.8 Å². The average molecular weight is 968 g/mol. The molecule has 1 saturated heterocycles. The Labute approximate surface area is 385 Å². The van der Waals surface area contributed by atoms with Crippen LogP contribution in [0.2, 0.25) is 0 Å². The monoisotopic (exact) mass is 967 g/mol. The average Bonchev–Trinajstić information content (AvgIpc) is 3.25. The number of phosphoric acid groups is 1. The standard InChI is InChI=1S/C44H54N7O12PS2/c1-44(2,3)29-25-36(50(66(6,58)59)19-22-62-64(54,55)56)41(61-5)37(26-29)51(43(45)53)35-13-14-38(33-10-8-7-9-32(33)35)63-31-15-16-46-40(28-31)48-30-11-12-34(39(27-30)60-4)42(52)47-17-18-49-20-23-65(57)24-21-49/h7-16,25-28H,17-24H2,1-6H3,(H2,45,53)(H,46,48)(H,47,52)(H2,54,55,56). The van der Waals surface area contributed by atoms with Gasteiger partial charge in [-0.15, -0.1) is 0 Å². The first-order chi connectivity index (χ1) is 31.2. The number of nitrogens with zero attached hydrogens (tertiary/aromatic N) is 4. The number of anilines is 5. The number of urea groups is 1. The van der Waals surface area contributed by atoms with Crippen molar-refractivity contribution in [2.24, 2.45) is 5.73 Å². The van der Waals surface area contributed by atoms with Gasteiger partial charge in [-0.2, -0.15) is 0 Å². The highest BCUT2D eigenvalue weighted by Crippen LogP contribution is 2.48. The number of nitrogens with two attached hydrogens (primary N) is 1. The lowest BCUT2D eigenvalue weighted by molar-refractivity contribution is 0.0945. The third-order valence-corrected chi connectivity index (χ3v) is 13.5. The van der Waals surface area contributed by atoms with Crippen molar-refractivity contribution in [2.45, 2.75) is 26.2 Å². The minimum Gasteiger partial charge on any atom is -0.496 e. The van der Waals surface area contributed by atoms with Gasteiger partial charge in [-0.1, -0.05) is 45.0 Å². The molecule has 5 aromatic rings. The number of sulfonamides is 1. The summed E-state index contributed by atoms with van der Waals surface area (Å²) in [6, 6.07) is 21.2. The van der Waals surface area contributed by atoms with Crippen molar-refractivity contribution in [3.05, 3.63) is 96.2 Å². The second-order valence-electron chi connectivity index (χ2n) is 16.2. The van der Waals surface area contributed by atoms with Crippen molar-refractivity contribution < 1.29 is 55.3 Å². The molecular weight excluding hydrogens is 914 g/mol. The molecule has 1 aromatic heterocycles. The quantitative estimate of drug-likeness (QED) is 0.0635. The Morgan fingerprint density at radius 2 is 1.62 bits per heavy atom. The summed E-state index contributed by atoms with van der Waals surface area (Å²) in [4.78, 5) is 53.2. The Balaban J connectivity index is 1.29. The van der Waals surface area contributed by atoms with Gasteiger partial charge in [0.1, 0.15) is 23.1 Å². The zero-order chi connectivity index (χ0) is 48.0. The summed E-state index contributed by atoms with van der Waals surface area (Å²) >= 11 is 0. The second kappa shape index (κ2) is 20.8. The number of nitrogens with one attached hydrogen (secondary N) is 2. The summed E-state index contributed by atoms with van der Waals surface area (Å²) in [5, 5.41) is 7.28. The summed E-state index contributed by atoms with van der Waals surface area (Å²) in [6.45, 7) is 7.06. The van der Waals surface area contributed by atoms with Crippen LogP contribution in [-0.2, 0) is 35.3 Å². The molecule has 1 aliphatic heterocycles. The smallest absolute Gasteiger partial charge is 0.469 e. The van der Waals surface area contributed by atoms with E-state index in [0.717, 1.165) is 23.7 Å². The van der Waals surface area contributed by atoms with E-state index in [2.05, 4.69) is 25.0 Å². The van der Waals surface area contributed by atoms with Crippen LogP contribution in [-0.4, -0.2) is 116 Å². The molecule has 0 unspecified atom stereocenters. The van der Waals surface area contributed by atoms with Gasteiger partial charge in [-0.05, 0) is 53.4 Å². The fourth-order valence-corrected chi connectivity index (χ4v) is 9.65. The number of hydrogen-bond acceptors (Lipinski definition) is 13. The molecule has 1 aliphatic rings. The van der Waals surface area contributed by atoms with E-state index in [1.54, 1.807) is 85.1 Å². The highest BCUT2D eigenvalue weighted by atomic mass is 32.2. The van der Waals surface area contributed by atoms with Gasteiger partial charge in [0.2, 0.25) is 10.0 Å². The number of benzene rings is 4. The lowest BCUT2D eigenvalue weighted by Crippen LogP contribution is -2.42. The predicted octanol–water partition coefficient (Wildman–Crippen LogP) is 5.97. The van der Waals surface area contributed by atoms with Gasteiger partial charge in [0.25, 0.3) is 5.91 Å². The Hall–Kier alpha value is -5.80. The summed E-state index contributed by atoms with van der Waals surface area (Å²) in [5.74, 6) is 2.53.